The first-order valence-electron chi connectivity index (χ1n) is 7.38. The molecule has 3 rings (SSSR count). The number of benzene rings is 1. The number of thiazole rings is 1. The second-order valence-electron chi connectivity index (χ2n) is 4.88. The minimum Gasteiger partial charge on any atom is -0.497 e. The Kier molecular flexibility index (Phi) is 5.47. The average Bonchev–Trinajstić information content (AvgIpc) is 3.15. The number of rotatable bonds is 6. The number of methoxy groups -OCH3 is 1. The van der Waals surface area contributed by atoms with Gasteiger partial charge in [-0.3, -0.25) is 5.10 Å². The van der Waals surface area contributed by atoms with Crippen molar-refractivity contribution in [2.75, 3.05) is 12.4 Å². The molecule has 25 heavy (non-hydrogen) atoms. The van der Waals surface area contributed by atoms with E-state index in [2.05, 4.69) is 25.6 Å². The van der Waals surface area contributed by atoms with E-state index in [1.54, 1.807) is 18.0 Å². The van der Waals surface area contributed by atoms with Gasteiger partial charge in [0.05, 0.1) is 18.2 Å². The van der Waals surface area contributed by atoms with E-state index in [-0.39, 0.29) is 0 Å². The Morgan fingerprint density at radius 3 is 2.88 bits per heavy atom. The predicted molar refractivity (Wildman–Crippen MR) is 103 cm³/mol. The Balaban J connectivity index is 1.78. The van der Waals surface area contributed by atoms with Crippen LogP contribution in [0.3, 0.4) is 0 Å². The van der Waals surface area contributed by atoms with Crippen molar-refractivity contribution < 1.29 is 4.74 Å². The van der Waals surface area contributed by atoms with Crippen LogP contribution >= 0.6 is 35.2 Å². The zero-order valence-electron chi connectivity index (χ0n) is 13.5. The van der Waals surface area contributed by atoms with Crippen molar-refractivity contribution in [1.82, 2.24) is 19.9 Å². The summed E-state index contributed by atoms with van der Waals surface area (Å²) in [6.07, 6.45) is 2.34. The van der Waals surface area contributed by atoms with Crippen LogP contribution in [0, 0.1) is 4.77 Å². The average molecular weight is 395 g/mol. The summed E-state index contributed by atoms with van der Waals surface area (Å²) in [5.74, 6) is 1.54. The van der Waals surface area contributed by atoms with Gasteiger partial charge < -0.3 is 10.1 Å². The van der Waals surface area contributed by atoms with Gasteiger partial charge in [0.15, 0.2) is 16.1 Å². The number of aryl methyl sites for hydroxylation is 1. The van der Waals surface area contributed by atoms with Crippen LogP contribution in [0.15, 0.2) is 29.4 Å². The van der Waals surface area contributed by atoms with Gasteiger partial charge >= 0.3 is 0 Å². The summed E-state index contributed by atoms with van der Waals surface area (Å²) >= 11 is 12.8. The fourth-order valence-electron chi connectivity index (χ4n) is 2.03. The number of ether oxygens (including phenoxy) is 1. The van der Waals surface area contributed by atoms with Crippen LogP contribution < -0.4 is 10.1 Å². The highest BCUT2D eigenvalue weighted by Gasteiger charge is 2.09. The molecule has 0 saturated carbocycles. The van der Waals surface area contributed by atoms with E-state index in [0.717, 1.165) is 22.1 Å². The van der Waals surface area contributed by atoms with Crippen molar-refractivity contribution in [3.05, 3.63) is 44.9 Å². The lowest BCUT2D eigenvalue weighted by Crippen LogP contribution is -1.96. The number of halogens is 1. The summed E-state index contributed by atoms with van der Waals surface area (Å²) in [6.45, 7) is 1.98. The Bertz CT molecular complexity index is 944. The van der Waals surface area contributed by atoms with Gasteiger partial charge in [-0.25, -0.2) is 4.98 Å². The SMILES string of the molecule is CCc1n[nH]c(=S)n1/N=C/c1sc(Nc2ccc(OC)cc2)nc1Cl. The minimum atomic E-state index is 0.373. The third kappa shape index (κ3) is 4.06. The lowest BCUT2D eigenvalue weighted by Gasteiger charge is -2.03. The van der Waals surface area contributed by atoms with Crippen molar-refractivity contribution in [3.63, 3.8) is 0 Å². The third-order valence-corrected chi connectivity index (χ3v) is 4.84. The first kappa shape index (κ1) is 17.6. The van der Waals surface area contributed by atoms with Gasteiger partial charge in [0.1, 0.15) is 5.75 Å². The fraction of sp³-hybridized carbons (Fsp3) is 0.200. The molecule has 0 unspecified atom stereocenters. The number of nitrogens with one attached hydrogen (secondary N) is 2. The third-order valence-electron chi connectivity index (χ3n) is 3.28. The lowest BCUT2D eigenvalue weighted by atomic mass is 10.3. The molecule has 2 N–H and O–H groups in total. The van der Waals surface area contributed by atoms with E-state index >= 15 is 0 Å². The number of aromatic nitrogens is 4. The first-order chi connectivity index (χ1) is 12.1. The van der Waals surface area contributed by atoms with E-state index in [1.165, 1.54) is 11.3 Å². The Morgan fingerprint density at radius 1 is 1.44 bits per heavy atom. The number of aromatic amines is 1. The summed E-state index contributed by atoms with van der Waals surface area (Å²) in [5, 5.41) is 15.4. The molecule has 0 aliphatic rings. The molecule has 3 aromatic rings. The molecule has 0 bridgehead atoms. The van der Waals surface area contributed by atoms with Gasteiger partial charge in [0.2, 0.25) is 4.77 Å². The fourth-order valence-corrected chi connectivity index (χ4v) is 3.27. The Morgan fingerprint density at radius 2 is 2.20 bits per heavy atom. The molecule has 1 aromatic carbocycles. The molecule has 0 fully saturated rings. The van der Waals surface area contributed by atoms with E-state index < -0.39 is 0 Å². The monoisotopic (exact) mass is 394 g/mol. The first-order valence-corrected chi connectivity index (χ1v) is 8.99. The van der Waals surface area contributed by atoms with Crippen molar-refractivity contribution in [2.24, 2.45) is 5.10 Å². The van der Waals surface area contributed by atoms with Gasteiger partial charge in [-0.05, 0) is 36.5 Å². The van der Waals surface area contributed by atoms with Crippen LogP contribution in [0.5, 0.6) is 5.75 Å². The second kappa shape index (κ2) is 7.77. The Labute approximate surface area is 158 Å². The largest absolute Gasteiger partial charge is 0.497 e. The molecule has 130 valence electrons. The molecule has 0 aliphatic heterocycles. The zero-order chi connectivity index (χ0) is 17.8. The van der Waals surface area contributed by atoms with Gasteiger partial charge in [0.25, 0.3) is 0 Å². The number of anilines is 2. The molecular weight excluding hydrogens is 380 g/mol. The van der Waals surface area contributed by atoms with Crippen LogP contribution in [0.25, 0.3) is 0 Å². The highest BCUT2D eigenvalue weighted by atomic mass is 35.5. The van der Waals surface area contributed by atoms with Crippen molar-refractivity contribution in [1.29, 1.82) is 0 Å². The molecule has 0 amide bonds. The number of hydrogen-bond acceptors (Lipinski definition) is 7. The number of hydrogen-bond donors (Lipinski definition) is 2. The molecule has 0 spiro atoms. The van der Waals surface area contributed by atoms with Gasteiger partial charge in [-0.1, -0.05) is 29.9 Å². The molecular formula is C15H15ClN6OS2. The Hall–Kier alpha value is -2.23. The second-order valence-corrected chi connectivity index (χ2v) is 6.66. The summed E-state index contributed by atoms with van der Waals surface area (Å²) in [7, 11) is 1.63. The van der Waals surface area contributed by atoms with E-state index in [0.29, 0.717) is 21.5 Å². The van der Waals surface area contributed by atoms with Gasteiger partial charge in [-0.2, -0.15) is 14.9 Å². The highest BCUT2D eigenvalue weighted by Crippen LogP contribution is 2.28. The molecule has 0 aliphatic carbocycles. The summed E-state index contributed by atoms with van der Waals surface area (Å²) in [6, 6.07) is 7.54. The van der Waals surface area contributed by atoms with E-state index in [9.17, 15) is 0 Å². The highest BCUT2D eigenvalue weighted by molar-refractivity contribution is 7.71. The van der Waals surface area contributed by atoms with E-state index in [4.69, 9.17) is 28.6 Å². The van der Waals surface area contributed by atoms with Crippen LogP contribution in [0.4, 0.5) is 10.8 Å². The summed E-state index contributed by atoms with van der Waals surface area (Å²) in [4.78, 5) is 5.03. The molecule has 7 nitrogen and oxygen atoms in total. The smallest absolute Gasteiger partial charge is 0.216 e. The molecule has 10 heteroatoms. The molecule has 0 atom stereocenters. The molecule has 0 radical (unpaired) electrons. The maximum absolute atomic E-state index is 6.20. The zero-order valence-corrected chi connectivity index (χ0v) is 15.9. The van der Waals surface area contributed by atoms with Crippen LogP contribution in [0.2, 0.25) is 5.15 Å². The van der Waals surface area contributed by atoms with Crippen molar-refractivity contribution in [2.45, 2.75) is 13.3 Å². The van der Waals surface area contributed by atoms with Crippen LogP contribution in [-0.4, -0.2) is 33.2 Å². The van der Waals surface area contributed by atoms with E-state index in [1.807, 2.05) is 31.2 Å². The number of nitrogens with zero attached hydrogens (tertiary/aromatic N) is 4. The summed E-state index contributed by atoms with van der Waals surface area (Å²) in [5.41, 5.74) is 0.889. The van der Waals surface area contributed by atoms with Gasteiger partial charge in [0, 0.05) is 12.1 Å². The predicted octanol–water partition coefficient (Wildman–Crippen LogP) is 4.25. The van der Waals surface area contributed by atoms with Gasteiger partial charge in [-0.15, -0.1) is 0 Å². The molecule has 0 saturated heterocycles. The maximum atomic E-state index is 6.20. The topological polar surface area (TPSA) is 80.1 Å². The maximum Gasteiger partial charge on any atom is 0.216 e. The molecule has 2 aromatic heterocycles. The number of H-pyrrole nitrogens is 1. The normalized spacial score (nSPS) is 11.2. The van der Waals surface area contributed by atoms with Crippen molar-refractivity contribution >= 4 is 52.2 Å². The quantitative estimate of drug-likeness (QED) is 0.482. The minimum absolute atomic E-state index is 0.373. The standard InChI is InChI=1S/C15H15ClN6OS2/c1-3-12-20-21-15(24)22(12)17-8-11-13(16)19-14(25-11)18-9-4-6-10(23-2)7-5-9/h4-8H,3H2,1-2H3,(H,18,19)(H,21,24)/b17-8+. The van der Waals surface area contributed by atoms with Crippen molar-refractivity contribution in [3.8, 4) is 5.75 Å². The molecule has 2 heterocycles. The van der Waals surface area contributed by atoms with Crippen LogP contribution in [0.1, 0.15) is 17.6 Å². The van der Waals surface area contributed by atoms with Crippen LogP contribution in [-0.2, 0) is 6.42 Å². The summed E-state index contributed by atoms with van der Waals surface area (Å²) < 4.78 is 7.15. The lowest BCUT2D eigenvalue weighted by molar-refractivity contribution is 0.415.